The van der Waals surface area contributed by atoms with E-state index < -0.39 is 0 Å². The average Bonchev–Trinajstić information content (AvgIpc) is 2.26. The van der Waals surface area contributed by atoms with Crippen LogP contribution < -0.4 is 18.9 Å². The molecule has 0 N–H and O–H groups in total. The summed E-state index contributed by atoms with van der Waals surface area (Å²) in [7, 11) is 0.645. The van der Waals surface area contributed by atoms with Crippen LogP contribution in [0.5, 0.6) is 0 Å². The smallest absolute Gasteiger partial charge is 0.456 e. The van der Waals surface area contributed by atoms with Crippen LogP contribution in [0, 0.1) is 0 Å². The second-order valence-corrected chi connectivity index (χ2v) is 6.65. The Bertz CT molecular complexity index is 427. The zero-order valence-corrected chi connectivity index (χ0v) is 14.1. The Balaban J connectivity index is 0.00000289. The van der Waals surface area contributed by atoms with Crippen LogP contribution in [-0.4, -0.2) is 11.2 Å². The number of hydrogen-bond acceptors (Lipinski definition) is 1. The van der Waals surface area contributed by atoms with Crippen LogP contribution in [0.15, 0.2) is 6.07 Å². The van der Waals surface area contributed by atoms with Crippen LogP contribution in [0.1, 0.15) is 30.6 Å². The Morgan fingerprint density at radius 2 is 1.67 bits per heavy atom. The van der Waals surface area contributed by atoms with E-state index in [0.29, 0.717) is 8.58 Å². The maximum absolute atomic E-state index is 12.1. The summed E-state index contributed by atoms with van der Waals surface area (Å²) in [4.78, 5) is 12.1. The van der Waals surface area contributed by atoms with Gasteiger partial charge in [0.05, 0.1) is 20.1 Å². The quantitative estimate of drug-likeness (QED) is 0.468. The third-order valence-corrected chi connectivity index (χ3v) is 5.09. The van der Waals surface area contributed by atoms with E-state index in [4.69, 9.17) is 46.4 Å². The van der Waals surface area contributed by atoms with Crippen LogP contribution in [0.4, 0.5) is 0 Å². The summed E-state index contributed by atoms with van der Waals surface area (Å²) in [5, 5.41) is 0.816. The van der Waals surface area contributed by atoms with Crippen LogP contribution in [-0.2, 0) is 0 Å². The summed E-state index contributed by atoms with van der Waals surface area (Å²) >= 11 is 23.7. The summed E-state index contributed by atoms with van der Waals surface area (Å²) in [6, 6.07) is 1.44. The van der Waals surface area contributed by atoms with Gasteiger partial charge in [-0.1, -0.05) is 66.7 Å². The fourth-order valence-corrected chi connectivity index (χ4v) is 3.17. The van der Waals surface area contributed by atoms with Crippen molar-refractivity contribution in [3.63, 3.8) is 0 Å². The molecule has 0 amide bonds. The molecule has 94 valence electrons. The molecule has 1 unspecified atom stereocenters. The van der Waals surface area contributed by atoms with Crippen molar-refractivity contribution >= 4 is 60.5 Å². The van der Waals surface area contributed by atoms with Gasteiger partial charge in [-0.25, -0.2) is 0 Å². The van der Waals surface area contributed by atoms with E-state index in [1.165, 1.54) is 6.07 Å². The molecular formula is C11H10Cl4LiOP. The van der Waals surface area contributed by atoms with Gasteiger partial charge in [-0.3, -0.25) is 0 Å². The van der Waals surface area contributed by atoms with Crippen molar-refractivity contribution in [2.24, 2.45) is 0 Å². The summed E-state index contributed by atoms with van der Waals surface area (Å²) < 4.78 is 0. The van der Waals surface area contributed by atoms with Crippen LogP contribution in [0.2, 0.25) is 20.1 Å². The molecule has 0 heterocycles. The van der Waals surface area contributed by atoms with Gasteiger partial charge in [0.25, 0.3) is 0 Å². The van der Waals surface area contributed by atoms with Crippen molar-refractivity contribution in [2.45, 2.75) is 25.9 Å². The molecule has 1 atom stereocenters. The van der Waals surface area contributed by atoms with Gasteiger partial charge in [0.15, 0.2) is 0 Å². The fourth-order valence-electron chi connectivity index (χ4n) is 1.12. The van der Waals surface area contributed by atoms with Crippen molar-refractivity contribution in [2.75, 3.05) is 0 Å². The molecule has 0 aliphatic rings. The molecule has 18 heavy (non-hydrogen) atoms. The molecule has 0 aliphatic heterocycles. The van der Waals surface area contributed by atoms with Gasteiger partial charge in [-0.05, 0) is 6.07 Å². The first-order valence-electron chi connectivity index (χ1n) is 4.96. The first-order chi connectivity index (χ1) is 7.88. The third kappa shape index (κ3) is 4.57. The maximum Gasteiger partial charge on any atom is 1.00 e. The normalized spacial score (nSPS) is 12.6. The summed E-state index contributed by atoms with van der Waals surface area (Å²) in [5.41, 5.74) is 0.305. The molecule has 0 saturated heterocycles. The van der Waals surface area contributed by atoms with E-state index in [2.05, 4.69) is 0 Å². The van der Waals surface area contributed by atoms with Crippen molar-refractivity contribution in [3.8, 4) is 0 Å². The molecule has 1 aromatic rings. The van der Waals surface area contributed by atoms with E-state index in [-0.39, 0.29) is 55.7 Å². The Morgan fingerprint density at radius 3 is 2.06 bits per heavy atom. The topological polar surface area (TPSA) is 17.1 Å². The minimum atomic E-state index is -0.154. The Kier molecular flexibility index (Phi) is 8.89. The molecule has 1 aromatic carbocycles. The minimum Gasteiger partial charge on any atom is -0.456 e. The fraction of sp³-hybridized carbons (Fsp3) is 0.364. The first-order valence-corrected chi connectivity index (χ1v) is 7.44. The minimum absolute atomic E-state index is 0. The molecule has 7 heteroatoms. The molecular weight excluding hydrogens is 328 g/mol. The number of rotatable bonds is 4. The number of carbonyl (C=O) groups excluding carboxylic acids is 1. The molecule has 0 saturated carbocycles. The summed E-state index contributed by atoms with van der Waals surface area (Å²) in [5.74, 6) is 0. The molecule has 0 bridgehead atoms. The second-order valence-electron chi connectivity index (χ2n) is 3.53. The van der Waals surface area contributed by atoms with Crippen molar-refractivity contribution in [1.29, 1.82) is 0 Å². The van der Waals surface area contributed by atoms with Gasteiger partial charge in [0.1, 0.15) is 0 Å². The maximum atomic E-state index is 12.1. The predicted molar refractivity (Wildman–Crippen MR) is 77.5 cm³/mol. The Morgan fingerprint density at radius 1 is 1.22 bits per heavy atom. The van der Waals surface area contributed by atoms with E-state index in [1.54, 1.807) is 0 Å². The molecule has 0 radical (unpaired) electrons. The van der Waals surface area contributed by atoms with Crippen LogP contribution in [0.25, 0.3) is 0 Å². The molecule has 1 rings (SSSR count). The van der Waals surface area contributed by atoms with Gasteiger partial charge in [0, 0.05) is 11.1 Å². The Hall–Kier alpha value is 1.08. The van der Waals surface area contributed by atoms with E-state index in [1.807, 2.05) is 13.8 Å². The van der Waals surface area contributed by atoms with Crippen molar-refractivity contribution in [3.05, 3.63) is 31.7 Å². The Labute approximate surface area is 141 Å². The standard InChI is InChI=1S/C11H10Cl4OP.Li/c1-3-5(2)17-11(16)8-9(14)6(12)4-7(13)10(8)15;/h4-5H,3H2,1-2H3;/q-1;+1. The van der Waals surface area contributed by atoms with E-state index in [0.717, 1.165) is 6.42 Å². The van der Waals surface area contributed by atoms with Gasteiger partial charge in [0.2, 0.25) is 0 Å². The number of halogens is 4. The zero-order valence-electron chi connectivity index (χ0n) is 10.2. The monoisotopic (exact) mass is 336 g/mol. The van der Waals surface area contributed by atoms with Crippen molar-refractivity contribution in [1.82, 2.24) is 0 Å². The second kappa shape index (κ2) is 8.38. The summed E-state index contributed by atoms with van der Waals surface area (Å²) in [6.07, 6.45) is 0.900. The first kappa shape index (κ1) is 19.1. The third-order valence-electron chi connectivity index (χ3n) is 2.25. The predicted octanol–water partition coefficient (Wildman–Crippen LogP) is 3.19. The van der Waals surface area contributed by atoms with Crippen LogP contribution in [0.3, 0.4) is 0 Å². The average molecular weight is 338 g/mol. The molecule has 0 aliphatic carbocycles. The largest absolute Gasteiger partial charge is 1.00 e. The SMILES string of the molecule is CCC(C)[P-]C(=O)c1c(Cl)c(Cl)cc(Cl)c1Cl.[Li+]. The molecule has 0 fully saturated rings. The molecule has 0 aromatic heterocycles. The van der Waals surface area contributed by atoms with Crippen LogP contribution >= 0.6 is 55.0 Å². The summed E-state index contributed by atoms with van der Waals surface area (Å²) in [6.45, 7) is 3.99. The van der Waals surface area contributed by atoms with Gasteiger partial charge >= 0.3 is 18.9 Å². The van der Waals surface area contributed by atoms with Gasteiger partial charge in [-0.2, -0.15) is 5.66 Å². The number of carbonyl (C=O) groups is 1. The number of hydrogen-bond donors (Lipinski definition) is 0. The number of benzene rings is 1. The molecule has 0 spiro atoms. The van der Waals surface area contributed by atoms with Gasteiger partial charge < -0.3 is 13.4 Å². The van der Waals surface area contributed by atoms with E-state index in [9.17, 15) is 4.79 Å². The zero-order chi connectivity index (χ0) is 13.2. The van der Waals surface area contributed by atoms with Gasteiger partial charge in [-0.15, -0.1) is 0 Å². The van der Waals surface area contributed by atoms with E-state index >= 15 is 0 Å². The molecule has 1 nitrogen and oxygen atoms in total. The van der Waals surface area contributed by atoms with Crippen molar-refractivity contribution < 1.29 is 23.7 Å².